The van der Waals surface area contributed by atoms with Crippen LogP contribution in [0.15, 0.2) is 73.1 Å². The van der Waals surface area contributed by atoms with Gasteiger partial charge in [-0.05, 0) is 53.8 Å². The maximum Gasteiger partial charge on any atom is 0.322 e. The van der Waals surface area contributed by atoms with Gasteiger partial charge in [0.15, 0.2) is 0 Å². The molecule has 0 aliphatic carbocycles. The number of hydrogen-bond donors (Lipinski definition) is 1. The van der Waals surface area contributed by atoms with Crippen LogP contribution in [0.3, 0.4) is 0 Å². The number of nitrogens with one attached hydrogen (secondary N) is 1. The lowest BCUT2D eigenvalue weighted by atomic mass is 10.0. The lowest BCUT2D eigenvalue weighted by molar-refractivity contribution is 0.0812. The highest BCUT2D eigenvalue weighted by atomic mass is 19.1. The molecule has 0 radical (unpaired) electrons. The second-order valence-electron chi connectivity index (χ2n) is 8.31. The highest BCUT2D eigenvalue weighted by Gasteiger charge is 2.41. The minimum absolute atomic E-state index is 0.222. The molecule has 2 bridgehead atoms. The van der Waals surface area contributed by atoms with Gasteiger partial charge in [-0.25, -0.2) is 9.18 Å². The maximum absolute atomic E-state index is 13.9. The second-order valence-corrected chi connectivity index (χ2v) is 8.31. The number of amides is 2. The van der Waals surface area contributed by atoms with Crippen molar-refractivity contribution >= 4 is 11.7 Å². The van der Waals surface area contributed by atoms with E-state index in [2.05, 4.69) is 45.5 Å². The lowest BCUT2D eigenvalue weighted by Crippen LogP contribution is -2.55. The van der Waals surface area contributed by atoms with Crippen molar-refractivity contribution in [1.29, 1.82) is 0 Å². The van der Waals surface area contributed by atoms with Crippen molar-refractivity contribution in [3.05, 3.63) is 84.4 Å². The summed E-state index contributed by atoms with van der Waals surface area (Å²) in [6.45, 7) is 2.20. The molecule has 3 aromatic rings. The number of pyridine rings is 1. The molecule has 1 N–H and O–H groups in total. The monoisotopic (exact) mass is 416 g/mol. The summed E-state index contributed by atoms with van der Waals surface area (Å²) in [7, 11) is 0. The van der Waals surface area contributed by atoms with Gasteiger partial charge in [-0.3, -0.25) is 9.88 Å². The lowest BCUT2D eigenvalue weighted by Gasteiger charge is -2.41. The van der Waals surface area contributed by atoms with Crippen molar-refractivity contribution < 1.29 is 9.18 Å². The summed E-state index contributed by atoms with van der Waals surface area (Å²) in [5.41, 5.74) is 3.78. The van der Waals surface area contributed by atoms with E-state index in [0.717, 1.165) is 24.9 Å². The van der Waals surface area contributed by atoms with Gasteiger partial charge in [0.1, 0.15) is 5.82 Å². The zero-order valence-electron chi connectivity index (χ0n) is 17.2. The smallest absolute Gasteiger partial charge is 0.321 e. The van der Waals surface area contributed by atoms with Crippen molar-refractivity contribution in [3.8, 4) is 11.1 Å². The first-order valence-corrected chi connectivity index (χ1v) is 10.7. The third kappa shape index (κ3) is 4.16. The number of urea groups is 1. The third-order valence-corrected chi connectivity index (χ3v) is 6.32. The number of anilines is 1. The molecule has 0 spiro atoms. The van der Waals surface area contributed by atoms with E-state index >= 15 is 0 Å². The van der Waals surface area contributed by atoms with Gasteiger partial charge in [0.25, 0.3) is 0 Å². The fourth-order valence-electron chi connectivity index (χ4n) is 4.76. The SMILES string of the molecule is O=C(Nc1ccccc1F)N1CC2CCC(C1)N2Cc1cccc(-c2cccnc2)c1. The molecule has 2 aromatic carbocycles. The van der Waals surface area contributed by atoms with E-state index in [-0.39, 0.29) is 11.7 Å². The van der Waals surface area contributed by atoms with Gasteiger partial charge < -0.3 is 10.2 Å². The first-order valence-electron chi connectivity index (χ1n) is 10.7. The van der Waals surface area contributed by atoms with Crippen LogP contribution in [-0.4, -0.2) is 46.0 Å². The normalized spacial score (nSPS) is 20.6. The second kappa shape index (κ2) is 8.47. The Labute approximate surface area is 181 Å². The molecule has 2 fully saturated rings. The van der Waals surface area contributed by atoms with Crippen molar-refractivity contribution in [2.75, 3.05) is 18.4 Å². The first kappa shape index (κ1) is 19.7. The van der Waals surface area contributed by atoms with Crippen LogP contribution in [0.25, 0.3) is 11.1 Å². The molecular formula is C25H25FN4O. The Morgan fingerprint density at radius 2 is 1.77 bits per heavy atom. The van der Waals surface area contributed by atoms with Crippen LogP contribution in [0, 0.1) is 5.82 Å². The van der Waals surface area contributed by atoms with Crippen LogP contribution in [0.4, 0.5) is 14.9 Å². The Bertz CT molecular complexity index is 1060. The predicted octanol–water partition coefficient (Wildman–Crippen LogP) is 4.77. The number of fused-ring (bicyclic) bond motifs is 2. The third-order valence-electron chi connectivity index (χ3n) is 6.32. The molecule has 2 aliphatic heterocycles. The molecule has 31 heavy (non-hydrogen) atoms. The quantitative estimate of drug-likeness (QED) is 0.667. The summed E-state index contributed by atoms with van der Waals surface area (Å²) in [4.78, 5) is 21.3. The standard InChI is InChI=1S/C25H25FN4O/c26-23-8-1-2-9-24(23)28-25(31)29-16-21-10-11-22(17-29)30(21)15-18-5-3-6-19(13-18)20-7-4-12-27-14-20/h1-9,12-14,21-22H,10-11,15-17H2,(H,28,31). The van der Waals surface area contributed by atoms with Crippen LogP contribution in [0.2, 0.25) is 0 Å². The van der Waals surface area contributed by atoms with Gasteiger partial charge in [-0.15, -0.1) is 0 Å². The zero-order chi connectivity index (χ0) is 21.2. The van der Waals surface area contributed by atoms with Gasteiger partial charge in [-0.1, -0.05) is 36.4 Å². The largest absolute Gasteiger partial charge is 0.322 e. The summed E-state index contributed by atoms with van der Waals surface area (Å²) in [6, 6.07) is 19.3. The van der Waals surface area contributed by atoms with Gasteiger partial charge in [0, 0.05) is 44.1 Å². The Kier molecular flexibility index (Phi) is 5.38. The van der Waals surface area contributed by atoms with Crippen molar-refractivity contribution in [2.24, 2.45) is 0 Å². The van der Waals surface area contributed by atoms with Crippen molar-refractivity contribution in [1.82, 2.24) is 14.8 Å². The fraction of sp³-hybridized carbons (Fsp3) is 0.280. The molecule has 3 heterocycles. The Hall–Kier alpha value is -3.25. The van der Waals surface area contributed by atoms with E-state index in [9.17, 15) is 9.18 Å². The van der Waals surface area contributed by atoms with Crippen LogP contribution < -0.4 is 5.32 Å². The van der Waals surface area contributed by atoms with Crippen LogP contribution in [0.1, 0.15) is 18.4 Å². The number of carbonyl (C=O) groups is 1. The maximum atomic E-state index is 13.9. The molecule has 5 nitrogen and oxygen atoms in total. The number of benzene rings is 2. The molecule has 1 aromatic heterocycles. The minimum Gasteiger partial charge on any atom is -0.321 e. The Morgan fingerprint density at radius 3 is 2.52 bits per heavy atom. The highest BCUT2D eigenvalue weighted by molar-refractivity contribution is 5.89. The number of hydrogen-bond acceptors (Lipinski definition) is 3. The van der Waals surface area contributed by atoms with Crippen LogP contribution in [-0.2, 0) is 6.54 Å². The first-order chi connectivity index (χ1) is 15.2. The molecule has 158 valence electrons. The zero-order valence-corrected chi connectivity index (χ0v) is 17.2. The van der Waals surface area contributed by atoms with Crippen LogP contribution in [0.5, 0.6) is 0 Å². The van der Waals surface area contributed by atoms with E-state index in [1.165, 1.54) is 17.2 Å². The molecule has 5 rings (SSSR count). The van der Waals surface area contributed by atoms with Crippen molar-refractivity contribution in [3.63, 3.8) is 0 Å². The Morgan fingerprint density at radius 1 is 1.00 bits per heavy atom. The molecular weight excluding hydrogens is 391 g/mol. The molecule has 0 saturated carbocycles. The summed E-state index contributed by atoms with van der Waals surface area (Å²) in [6.07, 6.45) is 5.83. The van der Waals surface area contributed by atoms with E-state index in [1.54, 1.807) is 24.4 Å². The number of likely N-dealkylation sites (tertiary alicyclic amines) is 1. The number of para-hydroxylation sites is 1. The van der Waals surface area contributed by atoms with E-state index in [0.29, 0.717) is 25.2 Å². The topological polar surface area (TPSA) is 48.5 Å². The van der Waals surface area contributed by atoms with Crippen LogP contribution >= 0.6 is 0 Å². The van der Waals surface area contributed by atoms with Crippen molar-refractivity contribution in [2.45, 2.75) is 31.5 Å². The predicted molar refractivity (Wildman–Crippen MR) is 119 cm³/mol. The van der Waals surface area contributed by atoms with E-state index in [1.807, 2.05) is 17.2 Å². The Balaban J connectivity index is 1.26. The average Bonchev–Trinajstić information content (AvgIpc) is 3.02. The molecule has 6 heteroatoms. The van der Waals surface area contributed by atoms with Gasteiger partial charge >= 0.3 is 6.03 Å². The summed E-state index contributed by atoms with van der Waals surface area (Å²) < 4.78 is 13.9. The van der Waals surface area contributed by atoms with E-state index in [4.69, 9.17) is 0 Å². The molecule has 2 aliphatic rings. The number of aromatic nitrogens is 1. The summed E-state index contributed by atoms with van der Waals surface area (Å²) in [5, 5.41) is 2.73. The molecule has 2 saturated heterocycles. The summed E-state index contributed by atoms with van der Waals surface area (Å²) >= 11 is 0. The number of rotatable bonds is 4. The average molecular weight is 417 g/mol. The number of halogens is 1. The van der Waals surface area contributed by atoms with E-state index < -0.39 is 5.82 Å². The van der Waals surface area contributed by atoms with Gasteiger partial charge in [0.05, 0.1) is 5.69 Å². The van der Waals surface area contributed by atoms with Gasteiger partial charge in [0.2, 0.25) is 0 Å². The highest BCUT2D eigenvalue weighted by Crippen LogP contribution is 2.32. The molecule has 2 atom stereocenters. The number of nitrogens with zero attached hydrogens (tertiary/aromatic N) is 3. The minimum atomic E-state index is -0.411. The fourth-order valence-corrected chi connectivity index (χ4v) is 4.76. The van der Waals surface area contributed by atoms with Gasteiger partial charge in [-0.2, -0.15) is 0 Å². The molecule has 2 amide bonds. The molecule has 2 unspecified atom stereocenters. The number of carbonyl (C=O) groups excluding carboxylic acids is 1. The summed E-state index contributed by atoms with van der Waals surface area (Å²) in [5.74, 6) is -0.411. The number of piperazine rings is 1.